The number of piperidine rings is 1. The summed E-state index contributed by atoms with van der Waals surface area (Å²) in [7, 11) is -3.31. The van der Waals surface area contributed by atoms with Crippen LogP contribution >= 0.6 is 0 Å². The second-order valence-corrected chi connectivity index (χ2v) is 9.07. The van der Waals surface area contributed by atoms with Crippen molar-refractivity contribution in [2.24, 2.45) is 17.1 Å². The molecule has 2 saturated heterocycles. The molecule has 20 heavy (non-hydrogen) atoms. The summed E-state index contributed by atoms with van der Waals surface area (Å²) in [6.45, 7) is 9.09. The first kappa shape index (κ1) is 16.2. The Kier molecular flexibility index (Phi) is 4.79. The molecule has 2 heterocycles. The molecule has 2 fully saturated rings. The molecule has 1 atom stereocenters. The van der Waals surface area contributed by atoms with Crippen LogP contribution in [-0.2, 0) is 10.2 Å². The van der Waals surface area contributed by atoms with Gasteiger partial charge in [-0.15, -0.1) is 0 Å². The van der Waals surface area contributed by atoms with Crippen LogP contribution in [0.1, 0.15) is 46.5 Å². The van der Waals surface area contributed by atoms with Gasteiger partial charge in [-0.05, 0) is 37.0 Å². The zero-order chi connectivity index (χ0) is 15.0. The zero-order valence-electron chi connectivity index (χ0n) is 13.0. The maximum absolute atomic E-state index is 12.7. The van der Waals surface area contributed by atoms with E-state index in [9.17, 15) is 8.42 Å². The van der Waals surface area contributed by atoms with E-state index >= 15 is 0 Å². The molecule has 6 heteroatoms. The summed E-state index contributed by atoms with van der Waals surface area (Å²) in [5.41, 5.74) is 5.97. The third-order valence-corrected chi connectivity index (χ3v) is 6.99. The molecule has 2 aliphatic heterocycles. The van der Waals surface area contributed by atoms with Gasteiger partial charge in [-0.2, -0.15) is 17.0 Å². The molecule has 2 N–H and O–H groups in total. The van der Waals surface area contributed by atoms with Crippen molar-refractivity contribution in [2.75, 3.05) is 26.2 Å². The molecule has 5 nitrogen and oxygen atoms in total. The lowest BCUT2D eigenvalue weighted by Crippen LogP contribution is -2.51. The largest absolute Gasteiger partial charge is 0.329 e. The van der Waals surface area contributed by atoms with Crippen molar-refractivity contribution in [3.8, 4) is 0 Å². The van der Waals surface area contributed by atoms with E-state index < -0.39 is 10.2 Å². The van der Waals surface area contributed by atoms with E-state index in [1.807, 2.05) is 0 Å². The number of nitrogens with two attached hydrogens (primary N) is 1. The van der Waals surface area contributed by atoms with Crippen LogP contribution in [0.5, 0.6) is 0 Å². The summed E-state index contributed by atoms with van der Waals surface area (Å²) >= 11 is 0. The third-order valence-electron chi connectivity index (χ3n) is 4.90. The molecule has 0 spiro atoms. The van der Waals surface area contributed by atoms with Crippen molar-refractivity contribution in [3.63, 3.8) is 0 Å². The molecule has 0 aromatic carbocycles. The highest BCUT2D eigenvalue weighted by Gasteiger charge is 2.40. The molecule has 0 amide bonds. The molecular formula is C14H29N3O2S. The lowest BCUT2D eigenvalue weighted by atomic mass is 9.76. The maximum Gasteiger partial charge on any atom is 0.282 e. The molecule has 0 bridgehead atoms. The van der Waals surface area contributed by atoms with Crippen molar-refractivity contribution >= 4 is 10.2 Å². The van der Waals surface area contributed by atoms with Gasteiger partial charge in [0.2, 0.25) is 0 Å². The summed E-state index contributed by atoms with van der Waals surface area (Å²) in [6, 6.07) is 0.000314. The average Bonchev–Trinajstić information content (AvgIpc) is 2.87. The summed E-state index contributed by atoms with van der Waals surface area (Å²) in [6.07, 6.45) is 3.75. The van der Waals surface area contributed by atoms with Gasteiger partial charge in [0.15, 0.2) is 0 Å². The number of nitrogens with zero attached hydrogens (tertiary/aromatic N) is 2. The van der Waals surface area contributed by atoms with Gasteiger partial charge in [-0.1, -0.05) is 20.8 Å². The van der Waals surface area contributed by atoms with Gasteiger partial charge in [-0.3, -0.25) is 0 Å². The minimum atomic E-state index is -3.31. The highest BCUT2D eigenvalue weighted by molar-refractivity contribution is 7.86. The van der Waals surface area contributed by atoms with Crippen molar-refractivity contribution < 1.29 is 8.42 Å². The molecular weight excluding hydrogens is 274 g/mol. The quantitative estimate of drug-likeness (QED) is 0.857. The minimum Gasteiger partial charge on any atom is -0.329 e. The first-order valence-corrected chi connectivity index (χ1v) is 9.13. The Balaban J connectivity index is 2.02. The molecule has 2 rings (SSSR count). The first-order valence-electron chi connectivity index (χ1n) is 7.74. The maximum atomic E-state index is 12.7. The lowest BCUT2D eigenvalue weighted by Gasteiger charge is -2.39. The minimum absolute atomic E-state index is 0.000314. The van der Waals surface area contributed by atoms with E-state index in [0.29, 0.717) is 32.1 Å². The fourth-order valence-corrected chi connectivity index (χ4v) is 5.35. The van der Waals surface area contributed by atoms with Gasteiger partial charge in [0.1, 0.15) is 0 Å². The van der Waals surface area contributed by atoms with Crippen molar-refractivity contribution in [1.82, 2.24) is 8.61 Å². The van der Waals surface area contributed by atoms with Crippen LogP contribution < -0.4 is 5.73 Å². The van der Waals surface area contributed by atoms with Crippen LogP contribution in [0.25, 0.3) is 0 Å². The van der Waals surface area contributed by atoms with E-state index in [2.05, 4.69) is 20.8 Å². The molecule has 0 aromatic rings. The molecule has 0 aromatic heterocycles. The molecule has 118 valence electrons. The Morgan fingerprint density at radius 3 is 2.20 bits per heavy atom. The van der Waals surface area contributed by atoms with Crippen molar-refractivity contribution in [3.05, 3.63) is 0 Å². The smallest absolute Gasteiger partial charge is 0.282 e. The second kappa shape index (κ2) is 5.91. The van der Waals surface area contributed by atoms with Crippen LogP contribution in [-0.4, -0.2) is 49.2 Å². The summed E-state index contributed by atoms with van der Waals surface area (Å²) in [5.74, 6) is 0.609. The highest BCUT2D eigenvalue weighted by Crippen LogP contribution is 2.35. The normalized spacial score (nSPS) is 28.1. The van der Waals surface area contributed by atoms with Crippen LogP contribution in [0, 0.1) is 11.3 Å². The van der Waals surface area contributed by atoms with Gasteiger partial charge in [-0.25, -0.2) is 0 Å². The standard InChI is InChI=1S/C14H29N3O2S/c1-14(2,3)12-6-9-16(10-7-12)20(18,19)17-8-4-5-13(17)11-15/h12-13H,4-11,15H2,1-3H3. The Labute approximate surface area is 123 Å². The fraction of sp³-hybridized carbons (Fsp3) is 1.00. The molecule has 0 radical (unpaired) electrons. The van der Waals surface area contributed by atoms with Crippen LogP contribution in [0.2, 0.25) is 0 Å². The Morgan fingerprint density at radius 1 is 1.10 bits per heavy atom. The summed E-state index contributed by atoms with van der Waals surface area (Å²) in [4.78, 5) is 0. The Bertz CT molecular complexity index is 422. The Morgan fingerprint density at radius 2 is 1.70 bits per heavy atom. The first-order chi connectivity index (χ1) is 9.26. The van der Waals surface area contributed by atoms with E-state index in [1.165, 1.54) is 0 Å². The average molecular weight is 303 g/mol. The van der Waals surface area contributed by atoms with Gasteiger partial charge in [0.25, 0.3) is 10.2 Å². The predicted octanol–water partition coefficient (Wildman–Crippen LogP) is 1.41. The van der Waals surface area contributed by atoms with Gasteiger partial charge in [0.05, 0.1) is 0 Å². The molecule has 0 aliphatic carbocycles. The SMILES string of the molecule is CC(C)(C)C1CCN(S(=O)(=O)N2CCCC2CN)CC1. The van der Waals surface area contributed by atoms with Crippen LogP contribution in [0.4, 0.5) is 0 Å². The van der Waals surface area contributed by atoms with Gasteiger partial charge >= 0.3 is 0 Å². The van der Waals surface area contributed by atoms with E-state index in [-0.39, 0.29) is 11.5 Å². The summed E-state index contributed by atoms with van der Waals surface area (Å²) in [5, 5.41) is 0. The third kappa shape index (κ3) is 3.18. The number of hydrogen-bond acceptors (Lipinski definition) is 3. The van der Waals surface area contributed by atoms with Crippen LogP contribution in [0.15, 0.2) is 0 Å². The van der Waals surface area contributed by atoms with E-state index in [0.717, 1.165) is 25.7 Å². The monoisotopic (exact) mass is 303 g/mol. The van der Waals surface area contributed by atoms with Crippen LogP contribution in [0.3, 0.4) is 0 Å². The molecule has 2 aliphatic rings. The fourth-order valence-electron chi connectivity index (χ4n) is 3.45. The highest BCUT2D eigenvalue weighted by atomic mass is 32.2. The second-order valence-electron chi connectivity index (χ2n) is 7.19. The lowest BCUT2D eigenvalue weighted by molar-refractivity contribution is 0.149. The van der Waals surface area contributed by atoms with Gasteiger partial charge in [0, 0.05) is 32.2 Å². The Hall–Kier alpha value is -0.170. The van der Waals surface area contributed by atoms with Gasteiger partial charge < -0.3 is 5.73 Å². The number of hydrogen-bond donors (Lipinski definition) is 1. The van der Waals surface area contributed by atoms with Crippen molar-refractivity contribution in [1.29, 1.82) is 0 Å². The topological polar surface area (TPSA) is 66.6 Å². The molecule has 1 unspecified atom stereocenters. The zero-order valence-corrected chi connectivity index (χ0v) is 13.8. The summed E-state index contributed by atoms with van der Waals surface area (Å²) < 4.78 is 28.7. The van der Waals surface area contributed by atoms with E-state index in [4.69, 9.17) is 5.73 Å². The molecule has 0 saturated carbocycles. The van der Waals surface area contributed by atoms with E-state index in [1.54, 1.807) is 8.61 Å². The number of rotatable bonds is 3. The van der Waals surface area contributed by atoms with Crippen molar-refractivity contribution in [2.45, 2.75) is 52.5 Å². The predicted molar refractivity (Wildman–Crippen MR) is 81.5 cm³/mol.